The van der Waals surface area contributed by atoms with Gasteiger partial charge in [0.05, 0.1) is 5.52 Å². The first-order valence-electron chi connectivity index (χ1n) is 6.33. The lowest BCUT2D eigenvalue weighted by Crippen LogP contribution is -1.90. The Hall–Kier alpha value is -2.14. The zero-order chi connectivity index (χ0) is 15.0. The third-order valence-electron chi connectivity index (χ3n) is 3.04. The Bertz CT molecular complexity index is 834. The summed E-state index contributed by atoms with van der Waals surface area (Å²) in [4.78, 5) is 5.99. The van der Waals surface area contributed by atoms with Gasteiger partial charge >= 0.3 is 0 Å². The molecular weight excluding hydrogens is 290 g/mol. The number of hydrogen-bond donors (Lipinski definition) is 1. The number of halogens is 2. The first-order chi connectivity index (χ1) is 10.0. The summed E-state index contributed by atoms with van der Waals surface area (Å²) in [7, 11) is 0. The van der Waals surface area contributed by atoms with Gasteiger partial charge in [0.2, 0.25) is 0 Å². The van der Waals surface area contributed by atoms with Gasteiger partial charge in [-0.1, -0.05) is 11.8 Å². The van der Waals surface area contributed by atoms with Crippen molar-refractivity contribution in [1.82, 2.24) is 4.98 Å². The number of nitrogens with two attached hydrogens (primary N) is 1. The number of aromatic nitrogens is 1. The number of aryl methyl sites for hydroxylation is 1. The monoisotopic (exact) mass is 302 g/mol. The van der Waals surface area contributed by atoms with Crippen LogP contribution in [0.3, 0.4) is 0 Å². The maximum Gasteiger partial charge on any atom is 0.159 e. The molecule has 0 bridgehead atoms. The van der Waals surface area contributed by atoms with E-state index in [2.05, 4.69) is 4.98 Å². The van der Waals surface area contributed by atoms with Crippen molar-refractivity contribution >= 4 is 28.4 Å². The van der Waals surface area contributed by atoms with Gasteiger partial charge in [0.25, 0.3) is 0 Å². The topological polar surface area (TPSA) is 38.9 Å². The lowest BCUT2D eigenvalue weighted by Gasteiger charge is -2.08. The average Bonchev–Trinajstić information content (AvgIpc) is 2.43. The molecule has 0 fully saturated rings. The number of hydrogen-bond acceptors (Lipinski definition) is 3. The second kappa shape index (κ2) is 5.33. The Labute approximate surface area is 125 Å². The van der Waals surface area contributed by atoms with Crippen LogP contribution in [0, 0.1) is 18.6 Å². The molecule has 3 aromatic rings. The summed E-state index contributed by atoms with van der Waals surface area (Å²) in [5, 5.41) is 0.898. The van der Waals surface area contributed by atoms with Crippen LogP contribution >= 0.6 is 11.8 Å². The molecule has 1 heterocycles. The Morgan fingerprint density at radius 1 is 1.00 bits per heavy atom. The minimum atomic E-state index is -0.852. The zero-order valence-electron chi connectivity index (χ0n) is 11.2. The summed E-state index contributed by atoms with van der Waals surface area (Å²) < 4.78 is 26.3. The quantitative estimate of drug-likeness (QED) is 0.706. The van der Waals surface area contributed by atoms with Gasteiger partial charge in [-0.05, 0) is 49.4 Å². The van der Waals surface area contributed by atoms with Gasteiger partial charge < -0.3 is 5.73 Å². The maximum atomic E-state index is 13.3. The van der Waals surface area contributed by atoms with Crippen molar-refractivity contribution in [2.45, 2.75) is 16.7 Å². The van der Waals surface area contributed by atoms with E-state index in [1.165, 1.54) is 17.8 Å². The predicted octanol–water partition coefficient (Wildman–Crippen LogP) is 4.55. The molecule has 0 saturated heterocycles. The molecule has 0 radical (unpaired) electrons. The molecule has 0 spiro atoms. The van der Waals surface area contributed by atoms with Crippen LogP contribution in [-0.4, -0.2) is 4.98 Å². The predicted molar refractivity (Wildman–Crippen MR) is 81.4 cm³/mol. The van der Waals surface area contributed by atoms with E-state index in [1.807, 2.05) is 25.1 Å². The van der Waals surface area contributed by atoms with Crippen molar-refractivity contribution in [3.8, 4) is 0 Å². The molecule has 0 amide bonds. The average molecular weight is 302 g/mol. The van der Waals surface area contributed by atoms with Gasteiger partial charge in [-0.25, -0.2) is 8.78 Å². The van der Waals surface area contributed by atoms with E-state index < -0.39 is 11.6 Å². The number of nitrogens with zero attached hydrogens (tertiary/aromatic N) is 1. The first-order valence-corrected chi connectivity index (χ1v) is 7.14. The summed E-state index contributed by atoms with van der Waals surface area (Å²) in [6, 6.07) is 11.3. The van der Waals surface area contributed by atoms with Crippen LogP contribution in [0.5, 0.6) is 0 Å². The standard InChI is InChI=1S/C16H12F2N2S/c1-9-6-16(12-7-10(19)2-5-15(12)20-9)21-11-3-4-13(17)14(18)8-11/h2-8H,19H2,1H3. The Kier molecular flexibility index (Phi) is 3.51. The Balaban J connectivity index is 2.10. The van der Waals surface area contributed by atoms with E-state index in [0.717, 1.165) is 27.6 Å². The van der Waals surface area contributed by atoms with Gasteiger partial charge in [-0.15, -0.1) is 0 Å². The van der Waals surface area contributed by atoms with E-state index in [1.54, 1.807) is 12.1 Å². The molecule has 21 heavy (non-hydrogen) atoms. The van der Waals surface area contributed by atoms with Gasteiger partial charge in [0.1, 0.15) is 0 Å². The molecule has 0 unspecified atom stereocenters. The number of pyridine rings is 1. The van der Waals surface area contributed by atoms with Crippen LogP contribution in [0.25, 0.3) is 10.9 Å². The van der Waals surface area contributed by atoms with Crippen LogP contribution < -0.4 is 5.73 Å². The molecule has 0 aliphatic rings. The lowest BCUT2D eigenvalue weighted by molar-refractivity contribution is 0.506. The fourth-order valence-corrected chi connectivity index (χ4v) is 3.15. The largest absolute Gasteiger partial charge is 0.399 e. The highest BCUT2D eigenvalue weighted by atomic mass is 32.2. The molecular formula is C16H12F2N2S. The van der Waals surface area contributed by atoms with Gasteiger partial charge in [0.15, 0.2) is 11.6 Å². The van der Waals surface area contributed by atoms with Crippen molar-refractivity contribution in [3.63, 3.8) is 0 Å². The Morgan fingerprint density at radius 3 is 2.57 bits per heavy atom. The molecule has 2 aromatic carbocycles. The summed E-state index contributed by atoms with van der Waals surface area (Å²) in [5.41, 5.74) is 8.15. The van der Waals surface area contributed by atoms with Gasteiger partial charge in [-0.3, -0.25) is 4.98 Å². The van der Waals surface area contributed by atoms with Crippen molar-refractivity contribution in [2.24, 2.45) is 0 Å². The highest BCUT2D eigenvalue weighted by molar-refractivity contribution is 7.99. The molecule has 1 aromatic heterocycles. The molecule has 0 saturated carbocycles. The van der Waals surface area contributed by atoms with E-state index >= 15 is 0 Å². The lowest BCUT2D eigenvalue weighted by atomic mass is 10.2. The second-order valence-corrected chi connectivity index (χ2v) is 5.83. The number of fused-ring (bicyclic) bond motifs is 1. The highest BCUT2D eigenvalue weighted by Crippen LogP contribution is 2.34. The van der Waals surface area contributed by atoms with Crippen LogP contribution in [-0.2, 0) is 0 Å². The zero-order valence-corrected chi connectivity index (χ0v) is 12.0. The van der Waals surface area contributed by atoms with Crippen molar-refractivity contribution in [2.75, 3.05) is 5.73 Å². The van der Waals surface area contributed by atoms with E-state index in [-0.39, 0.29) is 0 Å². The molecule has 3 rings (SSSR count). The summed E-state index contributed by atoms with van der Waals surface area (Å²) >= 11 is 1.36. The number of nitrogen functional groups attached to an aromatic ring is 1. The minimum Gasteiger partial charge on any atom is -0.399 e. The van der Waals surface area contributed by atoms with Crippen molar-refractivity contribution in [3.05, 3.63) is 59.8 Å². The van der Waals surface area contributed by atoms with E-state index in [4.69, 9.17) is 5.73 Å². The van der Waals surface area contributed by atoms with Gasteiger partial charge in [-0.2, -0.15) is 0 Å². The molecule has 0 atom stereocenters. The smallest absolute Gasteiger partial charge is 0.159 e. The highest BCUT2D eigenvalue weighted by Gasteiger charge is 2.09. The minimum absolute atomic E-state index is 0.628. The molecule has 106 valence electrons. The van der Waals surface area contributed by atoms with Gasteiger partial charge in [0, 0.05) is 26.6 Å². The summed E-state index contributed by atoms with van der Waals surface area (Å²) in [5.74, 6) is -1.70. The van der Waals surface area contributed by atoms with Crippen LogP contribution in [0.2, 0.25) is 0 Å². The normalized spacial score (nSPS) is 11.0. The van der Waals surface area contributed by atoms with Crippen LogP contribution in [0.1, 0.15) is 5.69 Å². The third-order valence-corrected chi connectivity index (χ3v) is 4.09. The summed E-state index contributed by atoms with van der Waals surface area (Å²) in [6.07, 6.45) is 0. The third kappa shape index (κ3) is 2.83. The van der Waals surface area contributed by atoms with E-state index in [0.29, 0.717) is 10.6 Å². The molecule has 2 N–H and O–H groups in total. The number of benzene rings is 2. The van der Waals surface area contributed by atoms with Crippen LogP contribution in [0.4, 0.5) is 14.5 Å². The van der Waals surface area contributed by atoms with Crippen LogP contribution in [0.15, 0.2) is 52.3 Å². The van der Waals surface area contributed by atoms with Crippen molar-refractivity contribution < 1.29 is 8.78 Å². The van der Waals surface area contributed by atoms with Crippen molar-refractivity contribution in [1.29, 1.82) is 0 Å². The molecule has 0 aliphatic heterocycles. The molecule has 2 nitrogen and oxygen atoms in total. The molecule has 0 aliphatic carbocycles. The second-order valence-electron chi connectivity index (χ2n) is 4.72. The fourth-order valence-electron chi connectivity index (χ4n) is 2.09. The number of anilines is 1. The molecule has 5 heteroatoms. The maximum absolute atomic E-state index is 13.3. The van der Waals surface area contributed by atoms with E-state index in [9.17, 15) is 8.78 Å². The Morgan fingerprint density at radius 2 is 1.81 bits per heavy atom. The SMILES string of the molecule is Cc1cc(Sc2ccc(F)c(F)c2)c2cc(N)ccc2n1. The fraction of sp³-hybridized carbons (Fsp3) is 0.0625. The first kappa shape index (κ1) is 13.8. The summed E-state index contributed by atoms with van der Waals surface area (Å²) in [6.45, 7) is 1.89. The number of rotatable bonds is 2.